The second kappa shape index (κ2) is 6.97. The van der Waals surface area contributed by atoms with Gasteiger partial charge in [0.1, 0.15) is 5.75 Å². The second-order valence-electron chi connectivity index (χ2n) is 5.46. The van der Waals surface area contributed by atoms with Crippen LogP contribution in [0.5, 0.6) is 5.75 Å². The van der Waals surface area contributed by atoms with Gasteiger partial charge in [0.05, 0.1) is 12.1 Å². The molecule has 1 atom stereocenters. The van der Waals surface area contributed by atoms with Gasteiger partial charge < -0.3 is 10.1 Å². The predicted octanol–water partition coefficient (Wildman–Crippen LogP) is 4.74. The van der Waals surface area contributed by atoms with E-state index in [0.717, 1.165) is 10.8 Å². The third kappa shape index (κ3) is 3.99. The molecule has 0 bridgehead atoms. The van der Waals surface area contributed by atoms with Crippen LogP contribution in [0.2, 0.25) is 5.02 Å². The number of hydrogen-bond donors (Lipinski definition) is 1. The molecule has 0 saturated carbocycles. The maximum absolute atomic E-state index is 6.05. The van der Waals surface area contributed by atoms with Crippen molar-refractivity contribution in [2.75, 3.05) is 7.05 Å². The quantitative estimate of drug-likeness (QED) is 0.861. The largest absolute Gasteiger partial charge is 0.491 e. The van der Waals surface area contributed by atoms with Crippen LogP contribution in [-0.4, -0.2) is 13.2 Å². The molecule has 0 saturated heterocycles. The molecule has 2 nitrogen and oxygen atoms in total. The lowest BCUT2D eigenvalue weighted by molar-refractivity contribution is 0.242. The molecule has 1 unspecified atom stereocenters. The van der Waals surface area contributed by atoms with E-state index >= 15 is 0 Å². The van der Waals surface area contributed by atoms with Crippen molar-refractivity contribution in [3.05, 3.63) is 64.2 Å². The van der Waals surface area contributed by atoms with E-state index in [9.17, 15) is 0 Å². The molecule has 0 radical (unpaired) electrons. The molecule has 112 valence electrons. The topological polar surface area (TPSA) is 21.3 Å². The highest BCUT2D eigenvalue weighted by atomic mass is 35.5. The summed E-state index contributed by atoms with van der Waals surface area (Å²) in [7, 11) is 1.97. The zero-order chi connectivity index (χ0) is 15.4. The summed E-state index contributed by atoms with van der Waals surface area (Å²) in [6, 6.07) is 14.4. The molecule has 0 spiro atoms. The molecule has 0 aliphatic rings. The van der Waals surface area contributed by atoms with E-state index in [2.05, 4.69) is 30.4 Å². The number of aryl methyl sites for hydroxylation is 1. The van der Waals surface area contributed by atoms with E-state index in [4.69, 9.17) is 16.3 Å². The van der Waals surface area contributed by atoms with E-state index in [1.54, 1.807) is 0 Å². The zero-order valence-electron chi connectivity index (χ0n) is 13.0. The molecule has 21 heavy (non-hydrogen) atoms. The van der Waals surface area contributed by atoms with Crippen LogP contribution in [0.3, 0.4) is 0 Å². The Morgan fingerprint density at radius 2 is 1.86 bits per heavy atom. The molecule has 0 fully saturated rings. The van der Waals surface area contributed by atoms with Crippen LogP contribution in [0.4, 0.5) is 0 Å². The SMILES string of the molecule is CNC(c1cccc(OC(C)C)c1)c1ccc(Cl)cc1C. The number of nitrogens with one attached hydrogen (secondary N) is 1. The van der Waals surface area contributed by atoms with E-state index in [1.807, 2.05) is 45.2 Å². The minimum Gasteiger partial charge on any atom is -0.491 e. The molecule has 2 rings (SSSR count). The molecule has 0 aliphatic heterocycles. The van der Waals surface area contributed by atoms with Crippen molar-refractivity contribution in [1.82, 2.24) is 5.32 Å². The normalized spacial score (nSPS) is 12.5. The van der Waals surface area contributed by atoms with Crippen LogP contribution in [-0.2, 0) is 0 Å². The molecule has 2 aromatic rings. The fraction of sp³-hybridized carbons (Fsp3) is 0.333. The summed E-state index contributed by atoms with van der Waals surface area (Å²) >= 11 is 6.05. The van der Waals surface area contributed by atoms with Crippen molar-refractivity contribution in [3.63, 3.8) is 0 Å². The summed E-state index contributed by atoms with van der Waals surface area (Å²) in [5.74, 6) is 0.898. The molecule has 0 aromatic heterocycles. The van der Waals surface area contributed by atoms with Gasteiger partial charge in [-0.25, -0.2) is 0 Å². The lowest BCUT2D eigenvalue weighted by atomic mass is 9.95. The third-order valence-corrected chi connectivity index (χ3v) is 3.63. The van der Waals surface area contributed by atoms with E-state index in [-0.39, 0.29) is 12.1 Å². The molecule has 2 aromatic carbocycles. The molecule has 3 heteroatoms. The fourth-order valence-corrected chi connectivity index (χ4v) is 2.73. The van der Waals surface area contributed by atoms with E-state index in [1.165, 1.54) is 16.7 Å². The van der Waals surface area contributed by atoms with E-state index < -0.39 is 0 Å². The summed E-state index contributed by atoms with van der Waals surface area (Å²) in [6.07, 6.45) is 0.172. The zero-order valence-corrected chi connectivity index (χ0v) is 13.7. The lowest BCUT2D eigenvalue weighted by Crippen LogP contribution is -2.19. The molecular weight excluding hydrogens is 282 g/mol. The maximum Gasteiger partial charge on any atom is 0.120 e. The Balaban J connectivity index is 2.37. The Hall–Kier alpha value is -1.51. The van der Waals surface area contributed by atoms with Gasteiger partial charge >= 0.3 is 0 Å². The van der Waals surface area contributed by atoms with Crippen molar-refractivity contribution < 1.29 is 4.74 Å². The first kappa shape index (κ1) is 15.9. The Kier molecular flexibility index (Phi) is 5.27. The van der Waals surface area contributed by atoms with Crippen LogP contribution in [0.25, 0.3) is 0 Å². The molecule has 0 heterocycles. The molecule has 0 amide bonds. The Bertz CT molecular complexity index is 610. The van der Waals surface area contributed by atoms with Crippen LogP contribution >= 0.6 is 11.6 Å². The smallest absolute Gasteiger partial charge is 0.120 e. The van der Waals surface area contributed by atoms with Crippen molar-refractivity contribution in [2.24, 2.45) is 0 Å². The first-order chi connectivity index (χ1) is 10.0. The summed E-state index contributed by atoms with van der Waals surface area (Å²) in [4.78, 5) is 0. The van der Waals surface area contributed by atoms with Crippen LogP contribution in [0.15, 0.2) is 42.5 Å². The minimum atomic E-state index is 0.123. The van der Waals surface area contributed by atoms with Crippen LogP contribution < -0.4 is 10.1 Å². The predicted molar refractivity (Wildman–Crippen MR) is 89.3 cm³/mol. The van der Waals surface area contributed by atoms with Gasteiger partial charge in [-0.15, -0.1) is 0 Å². The highest BCUT2D eigenvalue weighted by Crippen LogP contribution is 2.28. The molecule has 1 N–H and O–H groups in total. The minimum absolute atomic E-state index is 0.123. The lowest BCUT2D eigenvalue weighted by Gasteiger charge is -2.21. The average Bonchev–Trinajstić information content (AvgIpc) is 2.41. The second-order valence-corrected chi connectivity index (χ2v) is 5.90. The van der Waals surface area contributed by atoms with Gasteiger partial charge in [-0.1, -0.05) is 29.8 Å². The van der Waals surface area contributed by atoms with Gasteiger partial charge in [0.15, 0.2) is 0 Å². The van der Waals surface area contributed by atoms with Crippen molar-refractivity contribution in [2.45, 2.75) is 32.9 Å². The summed E-state index contributed by atoms with van der Waals surface area (Å²) in [6.45, 7) is 6.15. The summed E-state index contributed by atoms with van der Waals surface area (Å²) in [5, 5.41) is 4.14. The van der Waals surface area contributed by atoms with Crippen LogP contribution in [0.1, 0.15) is 36.6 Å². The van der Waals surface area contributed by atoms with Crippen molar-refractivity contribution in [3.8, 4) is 5.75 Å². The first-order valence-electron chi connectivity index (χ1n) is 7.21. The first-order valence-corrected chi connectivity index (χ1v) is 7.59. The standard InChI is InChI=1S/C18H22ClNO/c1-12(2)21-16-7-5-6-14(11-16)18(20-4)17-9-8-15(19)10-13(17)3/h5-12,18,20H,1-4H3. The molecule has 0 aliphatic carbocycles. The van der Waals surface area contributed by atoms with Gasteiger partial charge in [0.25, 0.3) is 0 Å². The number of halogens is 1. The van der Waals surface area contributed by atoms with Gasteiger partial charge in [0.2, 0.25) is 0 Å². The van der Waals surface area contributed by atoms with Crippen molar-refractivity contribution in [1.29, 1.82) is 0 Å². The Morgan fingerprint density at radius 3 is 2.48 bits per heavy atom. The highest BCUT2D eigenvalue weighted by Gasteiger charge is 2.15. The van der Waals surface area contributed by atoms with Crippen LogP contribution in [0, 0.1) is 6.92 Å². The number of hydrogen-bond acceptors (Lipinski definition) is 2. The Morgan fingerprint density at radius 1 is 1.10 bits per heavy atom. The number of rotatable bonds is 5. The number of benzene rings is 2. The third-order valence-electron chi connectivity index (χ3n) is 3.39. The van der Waals surface area contributed by atoms with Gasteiger partial charge in [-0.3, -0.25) is 0 Å². The van der Waals surface area contributed by atoms with Crippen molar-refractivity contribution >= 4 is 11.6 Å². The molecular formula is C18H22ClNO. The van der Waals surface area contributed by atoms with Gasteiger partial charge in [-0.05, 0) is 68.8 Å². The van der Waals surface area contributed by atoms with Gasteiger partial charge in [-0.2, -0.15) is 0 Å². The monoisotopic (exact) mass is 303 g/mol. The summed E-state index contributed by atoms with van der Waals surface area (Å²) in [5.41, 5.74) is 3.58. The van der Waals surface area contributed by atoms with Gasteiger partial charge in [0, 0.05) is 5.02 Å². The Labute approximate surface area is 132 Å². The van der Waals surface area contributed by atoms with E-state index in [0.29, 0.717) is 0 Å². The average molecular weight is 304 g/mol. The maximum atomic E-state index is 6.05. The fourth-order valence-electron chi connectivity index (χ4n) is 2.50. The highest BCUT2D eigenvalue weighted by molar-refractivity contribution is 6.30. The summed E-state index contributed by atoms with van der Waals surface area (Å²) < 4.78 is 5.79. The number of ether oxygens (including phenoxy) is 1.